The summed E-state index contributed by atoms with van der Waals surface area (Å²) in [6.45, 7) is 3.13. The lowest BCUT2D eigenvalue weighted by Gasteiger charge is -2.21. The fourth-order valence-corrected chi connectivity index (χ4v) is 2.83. The van der Waals surface area contributed by atoms with E-state index < -0.39 is 0 Å². The van der Waals surface area contributed by atoms with Crippen LogP contribution in [0.4, 0.5) is 0 Å². The summed E-state index contributed by atoms with van der Waals surface area (Å²) < 4.78 is 10.3. The van der Waals surface area contributed by atoms with Gasteiger partial charge in [-0.3, -0.25) is 9.59 Å². The first-order valence-electron chi connectivity index (χ1n) is 9.03. The molecule has 22 heavy (non-hydrogen) atoms. The molecule has 128 valence electrons. The highest BCUT2D eigenvalue weighted by Crippen LogP contribution is 2.26. The van der Waals surface area contributed by atoms with Gasteiger partial charge < -0.3 is 9.47 Å². The van der Waals surface area contributed by atoms with Crippen LogP contribution in [0.2, 0.25) is 0 Å². The van der Waals surface area contributed by atoms with Gasteiger partial charge in [-0.15, -0.1) is 0 Å². The topological polar surface area (TPSA) is 52.6 Å². The Kier molecular flexibility index (Phi) is 10.8. The molecule has 0 atom stereocenters. The molecule has 1 fully saturated rings. The molecule has 4 heteroatoms. The van der Waals surface area contributed by atoms with Gasteiger partial charge in [0.1, 0.15) is 0 Å². The maximum Gasteiger partial charge on any atom is 0.305 e. The first-order chi connectivity index (χ1) is 10.7. The predicted molar refractivity (Wildman–Crippen MR) is 86.5 cm³/mol. The number of carbonyl (C=O) groups is 2. The van der Waals surface area contributed by atoms with Crippen molar-refractivity contribution in [3.8, 4) is 0 Å². The van der Waals surface area contributed by atoms with E-state index in [0.717, 1.165) is 25.2 Å². The molecule has 1 aliphatic carbocycles. The van der Waals surface area contributed by atoms with E-state index in [1.54, 1.807) is 0 Å². The lowest BCUT2D eigenvalue weighted by Crippen LogP contribution is -2.12. The van der Waals surface area contributed by atoms with Gasteiger partial charge in [0.15, 0.2) is 0 Å². The summed E-state index contributed by atoms with van der Waals surface area (Å²) in [6.07, 6.45) is 11.8. The molecule has 4 nitrogen and oxygen atoms in total. The van der Waals surface area contributed by atoms with Gasteiger partial charge in [-0.2, -0.15) is 0 Å². The van der Waals surface area contributed by atoms with E-state index in [-0.39, 0.29) is 11.9 Å². The van der Waals surface area contributed by atoms with Crippen LogP contribution in [-0.4, -0.2) is 25.2 Å². The van der Waals surface area contributed by atoms with Gasteiger partial charge in [0.05, 0.1) is 13.2 Å². The van der Waals surface area contributed by atoms with Crippen molar-refractivity contribution in [3.63, 3.8) is 0 Å². The fraction of sp³-hybridized carbons (Fsp3) is 0.889. The first kappa shape index (κ1) is 19.0. The zero-order valence-electron chi connectivity index (χ0n) is 14.1. The van der Waals surface area contributed by atoms with Crippen molar-refractivity contribution in [3.05, 3.63) is 0 Å². The third kappa shape index (κ3) is 9.80. The first-order valence-corrected chi connectivity index (χ1v) is 9.03. The molecule has 0 aromatic carbocycles. The van der Waals surface area contributed by atoms with Crippen LogP contribution in [0.25, 0.3) is 0 Å². The van der Waals surface area contributed by atoms with Crippen LogP contribution in [0.15, 0.2) is 0 Å². The number of hydrogen-bond acceptors (Lipinski definition) is 4. The monoisotopic (exact) mass is 312 g/mol. The van der Waals surface area contributed by atoms with E-state index in [2.05, 4.69) is 6.92 Å². The van der Waals surface area contributed by atoms with E-state index >= 15 is 0 Å². The molecular formula is C18H32O4. The van der Waals surface area contributed by atoms with Gasteiger partial charge in [-0.05, 0) is 31.6 Å². The van der Waals surface area contributed by atoms with Crippen LogP contribution < -0.4 is 0 Å². The van der Waals surface area contributed by atoms with Crippen LogP contribution in [0, 0.1) is 5.92 Å². The van der Waals surface area contributed by atoms with Crippen LogP contribution in [0.1, 0.15) is 84.0 Å². The second-order valence-electron chi connectivity index (χ2n) is 6.29. The number of unbranched alkanes of at least 4 members (excludes halogenated alkanes) is 2. The summed E-state index contributed by atoms with van der Waals surface area (Å²) in [5.74, 6) is 0.466. The molecule has 0 radical (unpaired) electrons. The van der Waals surface area contributed by atoms with Crippen molar-refractivity contribution >= 4 is 11.9 Å². The lowest BCUT2D eigenvalue weighted by atomic mass is 9.87. The van der Waals surface area contributed by atoms with E-state index in [1.165, 1.54) is 32.1 Å². The Bertz CT molecular complexity index is 308. The highest BCUT2D eigenvalue weighted by atomic mass is 16.5. The van der Waals surface area contributed by atoms with Gasteiger partial charge in [-0.1, -0.05) is 45.4 Å². The quantitative estimate of drug-likeness (QED) is 0.419. The van der Waals surface area contributed by atoms with Crippen LogP contribution in [0.3, 0.4) is 0 Å². The number of rotatable bonds is 11. The number of esters is 2. The molecule has 0 N–H and O–H groups in total. The van der Waals surface area contributed by atoms with E-state index in [0.29, 0.717) is 38.9 Å². The van der Waals surface area contributed by atoms with E-state index in [1.807, 2.05) is 0 Å². The Hall–Kier alpha value is -1.06. The zero-order valence-corrected chi connectivity index (χ0v) is 14.1. The number of carbonyl (C=O) groups excluding carboxylic acids is 2. The minimum Gasteiger partial charge on any atom is -0.466 e. The van der Waals surface area contributed by atoms with Crippen molar-refractivity contribution in [2.24, 2.45) is 5.92 Å². The van der Waals surface area contributed by atoms with Gasteiger partial charge in [0.25, 0.3) is 0 Å². The highest BCUT2D eigenvalue weighted by molar-refractivity contribution is 5.70. The Morgan fingerprint density at radius 1 is 0.864 bits per heavy atom. The molecule has 0 heterocycles. The third-order valence-electron chi connectivity index (χ3n) is 4.29. The molecule has 0 bridgehead atoms. The van der Waals surface area contributed by atoms with E-state index in [4.69, 9.17) is 9.47 Å². The highest BCUT2D eigenvalue weighted by Gasteiger charge is 2.14. The standard InChI is InChI=1S/C18H32O4/c1-2-3-14-21-17(19)11-7-8-12-18(20)22-15-13-16-9-5-4-6-10-16/h16H,2-15H2,1H3. The smallest absolute Gasteiger partial charge is 0.305 e. The Morgan fingerprint density at radius 3 is 2.05 bits per heavy atom. The predicted octanol–water partition coefficient (Wildman–Crippen LogP) is 4.40. The van der Waals surface area contributed by atoms with Crippen LogP contribution in [0.5, 0.6) is 0 Å². The van der Waals surface area contributed by atoms with Crippen molar-refractivity contribution in [2.45, 2.75) is 84.0 Å². The zero-order chi connectivity index (χ0) is 16.0. The summed E-state index contributed by atoms with van der Waals surface area (Å²) in [6, 6.07) is 0. The SMILES string of the molecule is CCCCOC(=O)CCCCC(=O)OCCC1CCCCC1. The van der Waals surface area contributed by atoms with E-state index in [9.17, 15) is 9.59 Å². The van der Waals surface area contributed by atoms with Crippen molar-refractivity contribution in [1.29, 1.82) is 0 Å². The average Bonchev–Trinajstić information content (AvgIpc) is 2.53. The Morgan fingerprint density at radius 2 is 1.45 bits per heavy atom. The molecule has 1 rings (SSSR count). The minimum absolute atomic E-state index is 0.129. The van der Waals surface area contributed by atoms with Gasteiger partial charge in [-0.25, -0.2) is 0 Å². The maximum atomic E-state index is 11.6. The Balaban J connectivity index is 1.91. The number of ether oxygens (including phenoxy) is 2. The molecule has 0 unspecified atom stereocenters. The average molecular weight is 312 g/mol. The molecule has 0 aromatic rings. The summed E-state index contributed by atoms with van der Waals surface area (Å²) in [5, 5.41) is 0. The van der Waals surface area contributed by atoms with Gasteiger partial charge in [0.2, 0.25) is 0 Å². The molecular weight excluding hydrogens is 280 g/mol. The molecule has 1 saturated carbocycles. The lowest BCUT2D eigenvalue weighted by molar-refractivity contribution is -0.146. The second kappa shape index (κ2) is 12.5. The van der Waals surface area contributed by atoms with Crippen molar-refractivity contribution < 1.29 is 19.1 Å². The van der Waals surface area contributed by atoms with Gasteiger partial charge in [0, 0.05) is 12.8 Å². The summed E-state index contributed by atoms with van der Waals surface area (Å²) >= 11 is 0. The molecule has 0 spiro atoms. The molecule has 0 saturated heterocycles. The molecule has 0 aliphatic heterocycles. The summed E-state index contributed by atoms with van der Waals surface area (Å²) in [5.41, 5.74) is 0. The largest absolute Gasteiger partial charge is 0.466 e. The second-order valence-corrected chi connectivity index (χ2v) is 6.29. The summed E-state index contributed by atoms with van der Waals surface area (Å²) in [4.78, 5) is 23.0. The fourth-order valence-electron chi connectivity index (χ4n) is 2.83. The van der Waals surface area contributed by atoms with Crippen LogP contribution >= 0.6 is 0 Å². The Labute approximate surface area is 134 Å². The normalized spacial score (nSPS) is 15.5. The van der Waals surface area contributed by atoms with Crippen molar-refractivity contribution in [2.75, 3.05) is 13.2 Å². The molecule has 1 aliphatic rings. The third-order valence-corrected chi connectivity index (χ3v) is 4.29. The summed E-state index contributed by atoms with van der Waals surface area (Å²) in [7, 11) is 0. The minimum atomic E-state index is -0.154. The van der Waals surface area contributed by atoms with Gasteiger partial charge >= 0.3 is 11.9 Å². The van der Waals surface area contributed by atoms with Crippen LogP contribution in [-0.2, 0) is 19.1 Å². The number of hydrogen-bond donors (Lipinski definition) is 0. The maximum absolute atomic E-state index is 11.6. The molecule has 0 aromatic heterocycles. The van der Waals surface area contributed by atoms with Crippen molar-refractivity contribution in [1.82, 2.24) is 0 Å². The molecule has 0 amide bonds.